The van der Waals surface area contributed by atoms with E-state index >= 15 is 0 Å². The third-order valence-corrected chi connectivity index (χ3v) is 2.67. The van der Waals surface area contributed by atoms with Crippen LogP contribution < -0.4 is 5.32 Å². The summed E-state index contributed by atoms with van der Waals surface area (Å²) < 4.78 is 0. The van der Waals surface area contributed by atoms with Crippen LogP contribution in [-0.4, -0.2) is 47.4 Å². The standard InChI is InChI=1S/C14H21N2O3/c17-11-9-16(10-12-18)14(19)15-8-4-7-13-5-2-1-3-6-13/h1-3,5-6,8,17-18H,4,7,9-12H2,(H,15,19). The van der Waals surface area contributed by atoms with E-state index in [1.165, 1.54) is 10.5 Å². The van der Waals surface area contributed by atoms with Crippen LogP contribution in [0, 0.1) is 6.54 Å². The summed E-state index contributed by atoms with van der Waals surface area (Å²) in [4.78, 5) is 13.1. The number of aliphatic hydroxyl groups excluding tert-OH is 2. The van der Waals surface area contributed by atoms with Gasteiger partial charge in [-0.25, -0.2) is 4.79 Å². The van der Waals surface area contributed by atoms with Gasteiger partial charge in [0.05, 0.1) is 19.8 Å². The molecule has 0 atom stereocenters. The fourth-order valence-electron chi connectivity index (χ4n) is 1.69. The lowest BCUT2D eigenvalue weighted by Gasteiger charge is -2.20. The quantitative estimate of drug-likeness (QED) is 0.608. The van der Waals surface area contributed by atoms with Gasteiger partial charge in [-0.2, -0.15) is 0 Å². The van der Waals surface area contributed by atoms with Gasteiger partial charge in [0.2, 0.25) is 0 Å². The number of hydrogen-bond acceptors (Lipinski definition) is 3. The number of amides is 2. The number of aliphatic hydroxyl groups is 2. The summed E-state index contributed by atoms with van der Waals surface area (Å²) in [5.41, 5.74) is 1.22. The number of rotatable bonds is 8. The van der Waals surface area contributed by atoms with Crippen LogP contribution in [0.3, 0.4) is 0 Å². The second-order valence-electron chi connectivity index (χ2n) is 4.11. The highest BCUT2D eigenvalue weighted by Crippen LogP contribution is 2.03. The van der Waals surface area contributed by atoms with Gasteiger partial charge in [0.1, 0.15) is 0 Å². The average Bonchev–Trinajstić information content (AvgIpc) is 2.44. The Morgan fingerprint density at radius 1 is 1.16 bits per heavy atom. The lowest BCUT2D eigenvalue weighted by atomic mass is 10.1. The van der Waals surface area contributed by atoms with Gasteiger partial charge in [-0.3, -0.25) is 0 Å². The second kappa shape index (κ2) is 9.35. The fraction of sp³-hybridized carbons (Fsp3) is 0.429. The van der Waals surface area contributed by atoms with Crippen molar-refractivity contribution in [3.05, 3.63) is 42.4 Å². The Bertz CT molecular complexity index is 351. The smallest absolute Gasteiger partial charge is 0.317 e. The molecular weight excluding hydrogens is 244 g/mol. The van der Waals surface area contributed by atoms with Crippen LogP contribution in [0.2, 0.25) is 0 Å². The van der Waals surface area contributed by atoms with Crippen LogP contribution in [0.25, 0.3) is 0 Å². The van der Waals surface area contributed by atoms with Crippen molar-refractivity contribution >= 4 is 6.03 Å². The van der Waals surface area contributed by atoms with Gasteiger partial charge < -0.3 is 20.4 Å². The van der Waals surface area contributed by atoms with Crippen LogP contribution >= 0.6 is 0 Å². The maximum Gasteiger partial charge on any atom is 0.317 e. The average molecular weight is 265 g/mol. The van der Waals surface area contributed by atoms with E-state index in [1.54, 1.807) is 6.54 Å². The topological polar surface area (TPSA) is 72.8 Å². The zero-order valence-corrected chi connectivity index (χ0v) is 11.0. The first kappa shape index (κ1) is 15.5. The third kappa shape index (κ3) is 6.22. The van der Waals surface area contributed by atoms with Crippen molar-refractivity contribution in [1.82, 2.24) is 10.2 Å². The number of urea groups is 1. The van der Waals surface area contributed by atoms with Crippen molar-refractivity contribution in [1.29, 1.82) is 0 Å². The third-order valence-electron chi connectivity index (χ3n) is 2.67. The molecule has 0 aliphatic heterocycles. The number of nitrogens with zero attached hydrogens (tertiary/aromatic N) is 1. The SMILES string of the molecule is O=C(N[CH]CCc1ccccc1)N(CCO)CCO. The Balaban J connectivity index is 2.22. The maximum atomic E-state index is 11.7. The van der Waals surface area contributed by atoms with Crippen molar-refractivity contribution in [2.45, 2.75) is 12.8 Å². The molecule has 5 nitrogen and oxygen atoms in total. The van der Waals surface area contributed by atoms with Crippen molar-refractivity contribution in [3.8, 4) is 0 Å². The van der Waals surface area contributed by atoms with E-state index in [0.29, 0.717) is 0 Å². The Morgan fingerprint density at radius 2 is 1.79 bits per heavy atom. The lowest BCUT2D eigenvalue weighted by molar-refractivity contribution is 0.159. The number of aryl methyl sites for hydroxylation is 1. The number of benzene rings is 1. The molecule has 2 amide bonds. The molecule has 1 aromatic carbocycles. The van der Waals surface area contributed by atoms with Crippen molar-refractivity contribution in [2.75, 3.05) is 26.3 Å². The summed E-state index contributed by atoms with van der Waals surface area (Å²) in [5, 5.41) is 20.3. The van der Waals surface area contributed by atoms with Gasteiger partial charge in [-0.05, 0) is 18.4 Å². The van der Waals surface area contributed by atoms with E-state index < -0.39 is 0 Å². The minimum Gasteiger partial charge on any atom is -0.395 e. The largest absolute Gasteiger partial charge is 0.395 e. The fourth-order valence-corrected chi connectivity index (χ4v) is 1.69. The molecule has 3 N–H and O–H groups in total. The van der Waals surface area contributed by atoms with Gasteiger partial charge in [-0.15, -0.1) is 0 Å². The Kier molecular flexibility index (Phi) is 7.62. The first-order valence-electron chi connectivity index (χ1n) is 6.40. The lowest BCUT2D eigenvalue weighted by Crippen LogP contribution is -2.42. The second-order valence-corrected chi connectivity index (χ2v) is 4.11. The van der Waals surface area contributed by atoms with Gasteiger partial charge in [-0.1, -0.05) is 30.3 Å². The van der Waals surface area contributed by atoms with Gasteiger partial charge in [0.15, 0.2) is 0 Å². The van der Waals surface area contributed by atoms with Crippen molar-refractivity contribution < 1.29 is 15.0 Å². The van der Waals surface area contributed by atoms with Crippen LogP contribution in [0.4, 0.5) is 4.79 Å². The molecule has 105 valence electrons. The molecule has 0 aliphatic carbocycles. The molecule has 0 aliphatic rings. The Labute approximate surface area is 113 Å². The van der Waals surface area contributed by atoms with E-state index in [2.05, 4.69) is 5.32 Å². The summed E-state index contributed by atoms with van der Waals surface area (Å²) in [6.07, 6.45) is 1.60. The predicted octanol–water partition coefficient (Wildman–Crippen LogP) is 0.777. The van der Waals surface area contributed by atoms with E-state index in [0.717, 1.165) is 12.8 Å². The number of nitrogens with one attached hydrogen (secondary N) is 1. The molecule has 1 rings (SSSR count). The molecule has 0 saturated carbocycles. The van der Waals surface area contributed by atoms with Gasteiger partial charge >= 0.3 is 6.03 Å². The number of carbonyl (C=O) groups excluding carboxylic acids is 1. The van der Waals surface area contributed by atoms with Crippen molar-refractivity contribution in [2.24, 2.45) is 0 Å². The Hall–Kier alpha value is -1.59. The molecule has 5 heteroatoms. The first-order valence-corrected chi connectivity index (χ1v) is 6.40. The predicted molar refractivity (Wildman–Crippen MR) is 73.3 cm³/mol. The van der Waals surface area contributed by atoms with E-state index in [9.17, 15) is 4.79 Å². The number of hydrogen-bond donors (Lipinski definition) is 3. The summed E-state index contributed by atoms with van der Waals surface area (Å²) >= 11 is 0. The summed E-state index contributed by atoms with van der Waals surface area (Å²) in [6.45, 7) is 1.92. The highest BCUT2D eigenvalue weighted by molar-refractivity contribution is 5.74. The molecule has 0 saturated heterocycles. The van der Waals surface area contributed by atoms with E-state index in [-0.39, 0.29) is 32.3 Å². The van der Waals surface area contributed by atoms with Crippen LogP contribution in [0.15, 0.2) is 30.3 Å². The molecule has 0 bridgehead atoms. The zero-order valence-electron chi connectivity index (χ0n) is 11.0. The number of carbonyl (C=O) groups is 1. The molecule has 0 heterocycles. The Morgan fingerprint density at radius 3 is 2.37 bits per heavy atom. The van der Waals surface area contributed by atoms with E-state index in [4.69, 9.17) is 10.2 Å². The summed E-state index contributed by atoms with van der Waals surface area (Å²) in [7, 11) is 0. The van der Waals surface area contributed by atoms with Crippen LogP contribution in [0.1, 0.15) is 12.0 Å². The molecule has 0 aromatic heterocycles. The summed E-state index contributed by atoms with van der Waals surface area (Å²) in [5.74, 6) is 0. The summed E-state index contributed by atoms with van der Waals surface area (Å²) in [6, 6.07) is 9.72. The van der Waals surface area contributed by atoms with Crippen molar-refractivity contribution in [3.63, 3.8) is 0 Å². The van der Waals surface area contributed by atoms with Crippen LogP contribution in [0.5, 0.6) is 0 Å². The van der Waals surface area contributed by atoms with Gasteiger partial charge in [0.25, 0.3) is 0 Å². The molecule has 1 radical (unpaired) electrons. The molecule has 0 fully saturated rings. The first-order chi connectivity index (χ1) is 9.27. The molecule has 1 aromatic rings. The van der Waals surface area contributed by atoms with Crippen LogP contribution in [-0.2, 0) is 6.42 Å². The zero-order chi connectivity index (χ0) is 13.9. The monoisotopic (exact) mass is 265 g/mol. The van der Waals surface area contributed by atoms with Gasteiger partial charge in [0, 0.05) is 13.1 Å². The van der Waals surface area contributed by atoms with E-state index in [1.807, 2.05) is 30.3 Å². The normalized spacial score (nSPS) is 10.2. The highest BCUT2D eigenvalue weighted by atomic mass is 16.3. The maximum absolute atomic E-state index is 11.7. The molecule has 19 heavy (non-hydrogen) atoms. The minimum atomic E-state index is -0.295. The highest BCUT2D eigenvalue weighted by Gasteiger charge is 2.11. The molecule has 0 unspecified atom stereocenters. The molecular formula is C14H21N2O3. The minimum absolute atomic E-state index is 0.114. The molecule has 0 spiro atoms.